The molecule has 1 aliphatic rings. The van der Waals surface area contributed by atoms with E-state index < -0.39 is 11.1 Å². The van der Waals surface area contributed by atoms with E-state index in [2.05, 4.69) is 0 Å². The van der Waals surface area contributed by atoms with Gasteiger partial charge in [-0.25, -0.2) is 0 Å². The maximum Gasteiger partial charge on any atom is 1.00 e. The smallest absolute Gasteiger partial charge is 0.772 e. The monoisotopic (exact) mass is 200 g/mol. The third-order valence-corrected chi connectivity index (χ3v) is 2.60. The van der Waals surface area contributed by atoms with Crippen molar-refractivity contribution in [3.8, 4) is 0 Å². The Morgan fingerprint density at radius 2 is 2.00 bits per heavy atom. The summed E-state index contributed by atoms with van der Waals surface area (Å²) in [6, 6.07) is 0. The summed E-state index contributed by atoms with van der Waals surface area (Å²) in [5.74, 6) is 0.881. The number of hydrogen-bond donors (Lipinski definition) is 0. The molecule has 1 atom stereocenters. The Morgan fingerprint density at radius 3 is 2.50 bits per heavy atom. The van der Waals surface area contributed by atoms with Gasteiger partial charge in [-0.1, -0.05) is 11.1 Å². The fraction of sp³-hybridized carbons (Fsp3) is 1.00. The van der Waals surface area contributed by atoms with Gasteiger partial charge in [-0.3, -0.25) is 4.21 Å². The average Bonchev–Trinajstić information content (AvgIpc) is 2.03. The van der Waals surface area contributed by atoms with E-state index in [0.29, 0.717) is 11.7 Å². The van der Waals surface area contributed by atoms with E-state index in [0.717, 1.165) is 32.5 Å². The van der Waals surface area contributed by atoms with Crippen molar-refractivity contribution in [3.05, 3.63) is 0 Å². The molecule has 5 heteroatoms. The summed E-state index contributed by atoms with van der Waals surface area (Å²) in [4.78, 5) is 0. The van der Waals surface area contributed by atoms with Crippen LogP contribution in [0.4, 0.5) is 0 Å². The van der Waals surface area contributed by atoms with Gasteiger partial charge < -0.3 is 9.29 Å². The molecule has 1 heterocycles. The fourth-order valence-corrected chi connectivity index (χ4v) is 1.82. The summed E-state index contributed by atoms with van der Waals surface area (Å²) in [5.41, 5.74) is 0. The molecule has 0 saturated carbocycles. The minimum atomic E-state index is -1.86. The van der Waals surface area contributed by atoms with Gasteiger partial charge in [0.1, 0.15) is 0 Å². The van der Waals surface area contributed by atoms with Crippen molar-refractivity contribution in [2.75, 3.05) is 19.0 Å². The van der Waals surface area contributed by atoms with Crippen LogP contribution < -0.4 is 29.6 Å². The molecule has 0 aromatic heterocycles. The summed E-state index contributed by atoms with van der Waals surface area (Å²) in [6.45, 7) is 1.60. The van der Waals surface area contributed by atoms with Crippen molar-refractivity contribution >= 4 is 11.1 Å². The van der Waals surface area contributed by atoms with Gasteiger partial charge in [0.05, 0.1) is 0 Å². The van der Waals surface area contributed by atoms with Crippen LogP contribution in [0.2, 0.25) is 0 Å². The van der Waals surface area contributed by atoms with Gasteiger partial charge in [0.2, 0.25) is 0 Å². The van der Waals surface area contributed by atoms with Gasteiger partial charge in [-0.15, -0.1) is 0 Å². The van der Waals surface area contributed by atoms with Crippen LogP contribution in [0.25, 0.3) is 0 Å². The molecule has 3 nitrogen and oxygen atoms in total. The molecule has 0 N–H and O–H groups in total. The van der Waals surface area contributed by atoms with Crippen molar-refractivity contribution in [1.29, 1.82) is 0 Å². The second-order valence-corrected chi connectivity index (χ2v) is 3.87. The molecule has 0 aliphatic carbocycles. The molecule has 12 heavy (non-hydrogen) atoms. The minimum Gasteiger partial charge on any atom is -0.772 e. The summed E-state index contributed by atoms with van der Waals surface area (Å²) in [6.07, 6.45) is 2.86. The topological polar surface area (TPSA) is 49.4 Å². The van der Waals surface area contributed by atoms with E-state index in [9.17, 15) is 8.76 Å². The molecule has 0 bridgehead atoms. The molecule has 0 aromatic carbocycles. The molecule has 1 saturated heterocycles. The van der Waals surface area contributed by atoms with Crippen molar-refractivity contribution in [2.24, 2.45) is 5.92 Å². The average molecular weight is 200 g/mol. The second kappa shape index (κ2) is 7.47. The largest absolute Gasteiger partial charge is 1.00 e. The van der Waals surface area contributed by atoms with Gasteiger partial charge in [0.25, 0.3) is 0 Å². The number of hydrogen-bond acceptors (Lipinski definition) is 3. The van der Waals surface area contributed by atoms with Gasteiger partial charge in [-0.05, 0) is 25.2 Å². The molecule has 0 spiro atoms. The van der Waals surface area contributed by atoms with E-state index in [1.165, 1.54) is 0 Å². The first-order valence-electron chi connectivity index (χ1n) is 3.92. The quantitative estimate of drug-likeness (QED) is 0.380. The van der Waals surface area contributed by atoms with Crippen molar-refractivity contribution in [1.82, 2.24) is 0 Å². The van der Waals surface area contributed by atoms with Crippen LogP contribution in [0, 0.1) is 5.92 Å². The summed E-state index contributed by atoms with van der Waals surface area (Å²) < 4.78 is 25.6. The number of ether oxygens (including phenoxy) is 1. The van der Waals surface area contributed by atoms with E-state index in [-0.39, 0.29) is 29.6 Å². The summed E-state index contributed by atoms with van der Waals surface area (Å²) in [5, 5.41) is 0. The molecule has 0 amide bonds. The predicted octanol–water partition coefficient (Wildman–Crippen LogP) is -2.31. The summed E-state index contributed by atoms with van der Waals surface area (Å²) >= 11 is -1.86. The molecule has 1 rings (SSSR count). The molecule has 1 unspecified atom stereocenters. The van der Waals surface area contributed by atoms with Gasteiger partial charge in [0, 0.05) is 19.0 Å². The third kappa shape index (κ3) is 5.67. The van der Waals surface area contributed by atoms with Gasteiger partial charge in [0.15, 0.2) is 0 Å². The van der Waals surface area contributed by atoms with E-state index in [1.54, 1.807) is 0 Å². The van der Waals surface area contributed by atoms with E-state index in [1.807, 2.05) is 0 Å². The van der Waals surface area contributed by atoms with Crippen LogP contribution in [0.5, 0.6) is 0 Å². The molecular weight excluding hydrogens is 187 g/mol. The van der Waals surface area contributed by atoms with E-state index >= 15 is 0 Å². The Morgan fingerprint density at radius 1 is 1.42 bits per heavy atom. The zero-order valence-electron chi connectivity index (χ0n) is 7.45. The van der Waals surface area contributed by atoms with Crippen LogP contribution >= 0.6 is 0 Å². The van der Waals surface area contributed by atoms with Crippen LogP contribution in [0.3, 0.4) is 0 Å². The first-order chi connectivity index (χ1) is 5.29. The Kier molecular flexibility index (Phi) is 8.14. The molecule has 66 valence electrons. The zero-order chi connectivity index (χ0) is 8.10. The Balaban J connectivity index is 0.00000121. The first kappa shape index (κ1) is 13.1. The minimum absolute atomic E-state index is 0. The maximum atomic E-state index is 10.2. The predicted molar refractivity (Wildman–Crippen MR) is 41.9 cm³/mol. The van der Waals surface area contributed by atoms with Crippen LogP contribution in [-0.2, 0) is 15.8 Å². The number of rotatable bonds is 3. The zero-order valence-corrected chi connectivity index (χ0v) is 10.3. The van der Waals surface area contributed by atoms with Gasteiger partial charge >= 0.3 is 29.6 Å². The Labute approximate surface area is 97.8 Å². The van der Waals surface area contributed by atoms with Crippen LogP contribution in [0.15, 0.2) is 0 Å². The molecule has 1 aliphatic heterocycles. The normalized spacial score (nSPS) is 21.4. The first-order valence-corrected chi connectivity index (χ1v) is 5.17. The molecule has 1 fully saturated rings. The van der Waals surface area contributed by atoms with E-state index in [4.69, 9.17) is 4.74 Å². The molecule has 0 aromatic rings. The van der Waals surface area contributed by atoms with Crippen molar-refractivity contribution < 1.29 is 43.1 Å². The Hall–Kier alpha value is 1.07. The Bertz CT molecular complexity index is 137. The van der Waals surface area contributed by atoms with Gasteiger partial charge in [-0.2, -0.15) is 0 Å². The summed E-state index contributed by atoms with van der Waals surface area (Å²) in [7, 11) is 0. The fourth-order valence-electron chi connectivity index (χ4n) is 1.30. The molecule has 0 radical (unpaired) electrons. The second-order valence-electron chi connectivity index (χ2n) is 2.85. The standard InChI is InChI=1S/C7H14O3S.Na/c8-11(9)6-3-7-1-4-10-5-2-7;/h7H,1-6H2,(H,8,9);/q;+1/p-1. The third-order valence-electron chi connectivity index (χ3n) is 2.03. The maximum absolute atomic E-state index is 10.2. The van der Waals surface area contributed by atoms with Crippen LogP contribution in [0.1, 0.15) is 19.3 Å². The van der Waals surface area contributed by atoms with Crippen LogP contribution in [-0.4, -0.2) is 27.7 Å². The van der Waals surface area contributed by atoms with Crippen molar-refractivity contribution in [2.45, 2.75) is 19.3 Å². The SMILES string of the molecule is O=S([O-])CCC1CCOCC1.[Na+]. The van der Waals surface area contributed by atoms with Crippen molar-refractivity contribution in [3.63, 3.8) is 0 Å². The molecular formula is C7H13NaO3S.